The first-order valence-electron chi connectivity index (χ1n) is 5.43. The molecule has 0 aromatic heterocycles. The van der Waals surface area contributed by atoms with Crippen LogP contribution in [0, 0.1) is 10.5 Å². The first kappa shape index (κ1) is 12.9. The van der Waals surface area contributed by atoms with Crippen LogP contribution in [0.3, 0.4) is 0 Å². The fourth-order valence-electron chi connectivity index (χ4n) is 1.65. The number of hydrogen-bond acceptors (Lipinski definition) is 2. The van der Waals surface area contributed by atoms with E-state index >= 15 is 0 Å². The second-order valence-corrected chi connectivity index (χ2v) is 5.12. The summed E-state index contributed by atoms with van der Waals surface area (Å²) in [6, 6.07) is 13.1. The molecule has 2 N–H and O–H groups in total. The lowest BCUT2D eigenvalue weighted by Gasteiger charge is -2.11. The van der Waals surface area contributed by atoms with E-state index < -0.39 is 5.97 Å². The summed E-state index contributed by atoms with van der Waals surface area (Å²) in [7, 11) is 0. The van der Waals surface area contributed by atoms with Gasteiger partial charge in [0.05, 0.1) is 16.9 Å². The van der Waals surface area contributed by atoms with Crippen molar-refractivity contribution in [1.29, 1.82) is 0 Å². The molecule has 0 bridgehead atoms. The summed E-state index contributed by atoms with van der Waals surface area (Å²) in [4.78, 5) is 11.2. The Labute approximate surface area is 119 Å². The Morgan fingerprint density at radius 1 is 1.17 bits per heavy atom. The lowest BCUT2D eigenvalue weighted by Crippen LogP contribution is -2.03. The maximum atomic E-state index is 11.2. The first-order chi connectivity index (χ1) is 8.58. The van der Waals surface area contributed by atoms with Gasteiger partial charge in [0.25, 0.3) is 0 Å². The fraction of sp³-hybridized carbons (Fsp3) is 0.0714. The van der Waals surface area contributed by atoms with Gasteiger partial charge < -0.3 is 10.4 Å². The van der Waals surface area contributed by atoms with Crippen molar-refractivity contribution in [3.8, 4) is 0 Å². The summed E-state index contributed by atoms with van der Waals surface area (Å²) in [6.07, 6.45) is 0. The third-order valence-electron chi connectivity index (χ3n) is 2.55. The van der Waals surface area contributed by atoms with Gasteiger partial charge in [-0.3, -0.25) is 0 Å². The Morgan fingerprint density at radius 2 is 1.89 bits per heavy atom. The van der Waals surface area contributed by atoms with Gasteiger partial charge in [-0.15, -0.1) is 0 Å². The largest absolute Gasteiger partial charge is 0.478 e. The average Bonchev–Trinajstić information content (AvgIpc) is 2.34. The molecule has 2 aromatic carbocycles. The van der Waals surface area contributed by atoms with Crippen molar-refractivity contribution in [3.05, 3.63) is 57.2 Å². The molecule has 2 aromatic rings. The lowest BCUT2D eigenvalue weighted by atomic mass is 10.1. The fourth-order valence-corrected chi connectivity index (χ4v) is 2.17. The minimum absolute atomic E-state index is 0.287. The van der Waals surface area contributed by atoms with E-state index in [-0.39, 0.29) is 5.56 Å². The van der Waals surface area contributed by atoms with Gasteiger partial charge in [-0.05, 0) is 53.8 Å². The highest BCUT2D eigenvalue weighted by molar-refractivity contribution is 14.1. The predicted octanol–water partition coefficient (Wildman–Crippen LogP) is 4.04. The van der Waals surface area contributed by atoms with Crippen molar-refractivity contribution in [2.24, 2.45) is 0 Å². The number of carboxylic acid groups (broad SMARTS) is 1. The highest BCUT2D eigenvalue weighted by Crippen LogP contribution is 2.25. The number of halogens is 1. The van der Waals surface area contributed by atoms with Crippen molar-refractivity contribution < 1.29 is 9.90 Å². The maximum Gasteiger partial charge on any atom is 0.337 e. The van der Waals surface area contributed by atoms with E-state index in [0.29, 0.717) is 5.69 Å². The third-order valence-corrected chi connectivity index (χ3v) is 3.49. The van der Waals surface area contributed by atoms with Gasteiger partial charge in [-0.1, -0.05) is 23.8 Å². The van der Waals surface area contributed by atoms with Gasteiger partial charge in [-0.2, -0.15) is 0 Å². The maximum absolute atomic E-state index is 11.2. The smallest absolute Gasteiger partial charge is 0.337 e. The van der Waals surface area contributed by atoms with Gasteiger partial charge in [0.1, 0.15) is 0 Å². The molecule has 0 atom stereocenters. The average molecular weight is 353 g/mol. The second kappa shape index (κ2) is 5.39. The topological polar surface area (TPSA) is 49.3 Å². The van der Waals surface area contributed by atoms with Gasteiger partial charge in [0, 0.05) is 3.57 Å². The third kappa shape index (κ3) is 2.81. The molecule has 0 unspecified atom stereocenters. The van der Waals surface area contributed by atoms with Crippen LogP contribution in [0.25, 0.3) is 0 Å². The molecule has 0 aliphatic carbocycles. The van der Waals surface area contributed by atoms with E-state index in [0.717, 1.165) is 14.8 Å². The number of carboxylic acids is 1. The zero-order chi connectivity index (χ0) is 13.1. The normalized spacial score (nSPS) is 10.1. The number of nitrogens with one attached hydrogen (secondary N) is 1. The van der Waals surface area contributed by atoms with Gasteiger partial charge in [0.2, 0.25) is 0 Å². The molecule has 0 spiro atoms. The van der Waals surface area contributed by atoms with E-state index in [1.165, 1.54) is 0 Å². The minimum atomic E-state index is -0.924. The highest BCUT2D eigenvalue weighted by atomic mass is 127. The first-order valence-corrected chi connectivity index (χ1v) is 6.51. The molecular weight excluding hydrogens is 341 g/mol. The number of carbonyl (C=O) groups is 1. The van der Waals surface area contributed by atoms with Crippen LogP contribution in [-0.4, -0.2) is 11.1 Å². The molecule has 18 heavy (non-hydrogen) atoms. The summed E-state index contributed by atoms with van der Waals surface area (Å²) >= 11 is 2.21. The Kier molecular flexibility index (Phi) is 3.86. The van der Waals surface area contributed by atoms with E-state index in [2.05, 4.69) is 27.9 Å². The van der Waals surface area contributed by atoms with Crippen LogP contribution >= 0.6 is 22.6 Å². The Hall–Kier alpha value is -1.56. The summed E-state index contributed by atoms with van der Waals surface area (Å²) in [5.41, 5.74) is 2.73. The summed E-state index contributed by atoms with van der Waals surface area (Å²) in [5, 5.41) is 12.4. The van der Waals surface area contributed by atoms with E-state index in [4.69, 9.17) is 0 Å². The van der Waals surface area contributed by atoms with Crippen molar-refractivity contribution in [2.45, 2.75) is 6.92 Å². The number of rotatable bonds is 3. The van der Waals surface area contributed by atoms with Gasteiger partial charge >= 0.3 is 5.97 Å². The zero-order valence-electron chi connectivity index (χ0n) is 9.77. The van der Waals surface area contributed by atoms with Crippen LogP contribution in [0.5, 0.6) is 0 Å². The summed E-state index contributed by atoms with van der Waals surface area (Å²) < 4.78 is 1.05. The number of anilines is 2. The monoisotopic (exact) mass is 353 g/mol. The zero-order valence-corrected chi connectivity index (χ0v) is 11.9. The number of hydrogen-bond donors (Lipinski definition) is 2. The molecule has 0 fully saturated rings. The highest BCUT2D eigenvalue weighted by Gasteiger charge is 2.11. The van der Waals surface area contributed by atoms with Crippen LogP contribution in [-0.2, 0) is 0 Å². The standard InChI is InChI=1S/C14H12INO2/c1-9-6-7-12(10(8-9)14(17)18)16-13-5-3-2-4-11(13)15/h2-8,16H,1H3,(H,17,18). The molecule has 0 aliphatic rings. The molecule has 0 radical (unpaired) electrons. The van der Waals surface area contributed by atoms with E-state index in [9.17, 15) is 9.90 Å². The van der Waals surface area contributed by atoms with Crippen LogP contribution < -0.4 is 5.32 Å². The van der Waals surface area contributed by atoms with Crippen LogP contribution in [0.4, 0.5) is 11.4 Å². The molecule has 2 rings (SSSR count). The summed E-state index contributed by atoms with van der Waals surface area (Å²) in [5.74, 6) is -0.924. The minimum Gasteiger partial charge on any atom is -0.478 e. The van der Waals surface area contributed by atoms with Gasteiger partial charge in [0.15, 0.2) is 0 Å². The molecule has 92 valence electrons. The lowest BCUT2D eigenvalue weighted by molar-refractivity contribution is 0.0698. The Bertz CT molecular complexity index is 596. The molecule has 0 saturated carbocycles. The van der Waals surface area contributed by atoms with Crippen molar-refractivity contribution in [3.63, 3.8) is 0 Å². The van der Waals surface area contributed by atoms with Crippen LogP contribution in [0.15, 0.2) is 42.5 Å². The Balaban J connectivity index is 2.41. The van der Waals surface area contributed by atoms with E-state index in [1.54, 1.807) is 12.1 Å². The van der Waals surface area contributed by atoms with Crippen molar-refractivity contribution in [1.82, 2.24) is 0 Å². The number of benzene rings is 2. The molecule has 0 amide bonds. The van der Waals surface area contributed by atoms with Crippen molar-refractivity contribution >= 4 is 39.9 Å². The number of para-hydroxylation sites is 1. The van der Waals surface area contributed by atoms with Crippen molar-refractivity contribution in [2.75, 3.05) is 5.32 Å². The van der Waals surface area contributed by atoms with E-state index in [1.807, 2.05) is 37.3 Å². The summed E-state index contributed by atoms with van der Waals surface area (Å²) in [6.45, 7) is 1.88. The number of aryl methyl sites for hydroxylation is 1. The molecular formula is C14H12INO2. The predicted molar refractivity (Wildman–Crippen MR) is 80.6 cm³/mol. The molecule has 3 nitrogen and oxygen atoms in total. The van der Waals surface area contributed by atoms with Crippen LogP contribution in [0.1, 0.15) is 15.9 Å². The second-order valence-electron chi connectivity index (χ2n) is 3.96. The SMILES string of the molecule is Cc1ccc(Nc2ccccc2I)c(C(=O)O)c1. The van der Waals surface area contributed by atoms with Gasteiger partial charge in [-0.25, -0.2) is 4.79 Å². The molecule has 0 saturated heterocycles. The molecule has 4 heteroatoms. The molecule has 0 aliphatic heterocycles. The number of aromatic carboxylic acids is 1. The Morgan fingerprint density at radius 3 is 2.56 bits per heavy atom. The quantitative estimate of drug-likeness (QED) is 0.819. The molecule has 0 heterocycles. The van der Waals surface area contributed by atoms with Crippen LogP contribution in [0.2, 0.25) is 0 Å².